The summed E-state index contributed by atoms with van der Waals surface area (Å²) >= 11 is 11.9. The number of rotatable bonds is 3. The van der Waals surface area contributed by atoms with Crippen molar-refractivity contribution in [3.05, 3.63) is 46.3 Å². The molecule has 0 bridgehead atoms. The van der Waals surface area contributed by atoms with Crippen LogP contribution in [-0.2, 0) is 6.61 Å². The molecule has 16 heavy (non-hydrogen) atoms. The topological polar surface area (TPSA) is 45.4 Å². The number of benzene rings is 1. The van der Waals surface area contributed by atoms with Crippen LogP contribution in [0.1, 0.15) is 5.56 Å². The van der Waals surface area contributed by atoms with Gasteiger partial charge in [0, 0.05) is 5.56 Å². The van der Waals surface area contributed by atoms with Crippen LogP contribution in [0.15, 0.2) is 35.1 Å². The van der Waals surface area contributed by atoms with Crippen LogP contribution in [0.4, 0.5) is 11.4 Å². The minimum Gasteiger partial charge on any atom is -0.470 e. The molecule has 3 nitrogen and oxygen atoms in total. The lowest BCUT2D eigenvalue weighted by Gasteiger charge is -2.08. The molecule has 2 N–H and O–H groups in total. The fourth-order valence-corrected chi connectivity index (χ4v) is 1.65. The number of halogens is 2. The molecular weight excluding hydrogens is 249 g/mol. The maximum Gasteiger partial charge on any atom is 0.114 e. The van der Waals surface area contributed by atoms with E-state index in [4.69, 9.17) is 32.7 Å². The van der Waals surface area contributed by atoms with E-state index in [0.29, 0.717) is 27.0 Å². The Labute approximate surface area is 103 Å². The Morgan fingerprint density at radius 3 is 2.75 bits per heavy atom. The zero-order valence-electron chi connectivity index (χ0n) is 8.21. The Kier molecular flexibility index (Phi) is 3.39. The number of anilines is 2. The third kappa shape index (κ3) is 2.16. The number of aliphatic hydroxyl groups excluding tert-OH is 1. The van der Waals surface area contributed by atoms with Gasteiger partial charge in [-0.05, 0) is 12.1 Å². The average Bonchev–Trinajstić information content (AvgIpc) is 2.72. The number of furan rings is 1. The standard InChI is InChI=1S/C11H9Cl2NO2/c12-8-2-1-3-9(11(8)13)14-10-6-16-5-7(10)4-15/h1-3,5-6,14-15H,4H2. The van der Waals surface area contributed by atoms with Crippen molar-refractivity contribution in [2.24, 2.45) is 0 Å². The minimum atomic E-state index is -0.100. The SMILES string of the molecule is OCc1cocc1Nc1cccc(Cl)c1Cl. The molecule has 1 aromatic heterocycles. The van der Waals surface area contributed by atoms with Crippen molar-refractivity contribution in [2.75, 3.05) is 5.32 Å². The third-order valence-electron chi connectivity index (χ3n) is 2.13. The summed E-state index contributed by atoms with van der Waals surface area (Å²) < 4.78 is 4.98. The molecule has 0 aliphatic rings. The minimum absolute atomic E-state index is 0.100. The number of hydrogen-bond donors (Lipinski definition) is 2. The largest absolute Gasteiger partial charge is 0.470 e. The summed E-state index contributed by atoms with van der Waals surface area (Å²) in [6.45, 7) is -0.100. The fraction of sp³-hybridized carbons (Fsp3) is 0.0909. The lowest BCUT2D eigenvalue weighted by molar-refractivity contribution is 0.281. The van der Waals surface area contributed by atoms with Gasteiger partial charge in [-0.25, -0.2) is 0 Å². The number of aliphatic hydroxyl groups is 1. The van der Waals surface area contributed by atoms with Gasteiger partial charge in [0.15, 0.2) is 0 Å². The Balaban J connectivity index is 2.30. The quantitative estimate of drug-likeness (QED) is 0.879. The van der Waals surface area contributed by atoms with E-state index in [-0.39, 0.29) is 6.61 Å². The first kappa shape index (κ1) is 11.3. The van der Waals surface area contributed by atoms with Crippen molar-refractivity contribution in [3.63, 3.8) is 0 Å². The molecule has 0 aliphatic carbocycles. The van der Waals surface area contributed by atoms with E-state index in [2.05, 4.69) is 5.32 Å². The van der Waals surface area contributed by atoms with Gasteiger partial charge in [-0.15, -0.1) is 0 Å². The van der Waals surface area contributed by atoms with E-state index < -0.39 is 0 Å². The predicted octanol–water partition coefficient (Wildman–Crippen LogP) is 3.82. The molecule has 0 unspecified atom stereocenters. The summed E-state index contributed by atoms with van der Waals surface area (Å²) in [5.41, 5.74) is 2.01. The Bertz CT molecular complexity index is 496. The summed E-state index contributed by atoms with van der Waals surface area (Å²) in [5, 5.41) is 13.0. The Hall–Kier alpha value is -1.16. The zero-order chi connectivity index (χ0) is 11.5. The van der Waals surface area contributed by atoms with Crippen LogP contribution in [0.5, 0.6) is 0 Å². The zero-order valence-corrected chi connectivity index (χ0v) is 9.72. The van der Waals surface area contributed by atoms with Crippen molar-refractivity contribution in [1.82, 2.24) is 0 Å². The van der Waals surface area contributed by atoms with Gasteiger partial charge in [-0.2, -0.15) is 0 Å². The second-order valence-corrected chi connectivity index (χ2v) is 3.98. The lowest BCUT2D eigenvalue weighted by Crippen LogP contribution is -1.93. The highest BCUT2D eigenvalue weighted by molar-refractivity contribution is 6.43. The first-order valence-electron chi connectivity index (χ1n) is 4.59. The van der Waals surface area contributed by atoms with Crippen LogP contribution in [0.2, 0.25) is 10.0 Å². The summed E-state index contributed by atoms with van der Waals surface area (Å²) in [6.07, 6.45) is 2.98. The van der Waals surface area contributed by atoms with Gasteiger partial charge in [0.1, 0.15) is 6.26 Å². The third-order valence-corrected chi connectivity index (χ3v) is 2.95. The summed E-state index contributed by atoms with van der Waals surface area (Å²) in [6, 6.07) is 5.29. The monoisotopic (exact) mass is 257 g/mol. The van der Waals surface area contributed by atoms with Crippen LogP contribution in [0.3, 0.4) is 0 Å². The lowest BCUT2D eigenvalue weighted by atomic mass is 10.2. The van der Waals surface area contributed by atoms with Crippen LogP contribution >= 0.6 is 23.2 Å². The molecule has 1 heterocycles. The molecule has 0 spiro atoms. The van der Waals surface area contributed by atoms with E-state index in [1.807, 2.05) is 0 Å². The Morgan fingerprint density at radius 1 is 1.19 bits per heavy atom. The van der Waals surface area contributed by atoms with Gasteiger partial charge in [-0.1, -0.05) is 29.3 Å². The second-order valence-electron chi connectivity index (χ2n) is 3.20. The molecule has 1 aromatic carbocycles. The fourth-order valence-electron chi connectivity index (χ4n) is 1.30. The van der Waals surface area contributed by atoms with Crippen molar-refractivity contribution in [1.29, 1.82) is 0 Å². The number of nitrogens with one attached hydrogen (secondary N) is 1. The smallest absolute Gasteiger partial charge is 0.114 e. The van der Waals surface area contributed by atoms with Crippen LogP contribution < -0.4 is 5.32 Å². The molecule has 5 heteroatoms. The first-order valence-corrected chi connectivity index (χ1v) is 5.35. The molecule has 0 radical (unpaired) electrons. The average molecular weight is 258 g/mol. The normalized spacial score (nSPS) is 10.4. The second kappa shape index (κ2) is 4.78. The van der Waals surface area contributed by atoms with Crippen molar-refractivity contribution >= 4 is 34.6 Å². The highest BCUT2D eigenvalue weighted by Crippen LogP contribution is 2.32. The first-order chi connectivity index (χ1) is 7.72. The van der Waals surface area contributed by atoms with E-state index in [0.717, 1.165) is 0 Å². The maximum absolute atomic E-state index is 9.05. The van der Waals surface area contributed by atoms with Crippen LogP contribution in [0, 0.1) is 0 Å². The van der Waals surface area contributed by atoms with Crippen LogP contribution in [0.25, 0.3) is 0 Å². The molecule has 0 amide bonds. The molecule has 2 aromatic rings. The predicted molar refractivity (Wildman–Crippen MR) is 64.4 cm³/mol. The molecule has 0 atom stereocenters. The Morgan fingerprint density at radius 2 is 2.00 bits per heavy atom. The molecule has 2 rings (SSSR count). The summed E-state index contributed by atoms with van der Waals surface area (Å²) in [7, 11) is 0. The van der Waals surface area contributed by atoms with Gasteiger partial charge in [0.05, 0.1) is 34.3 Å². The van der Waals surface area contributed by atoms with Crippen molar-refractivity contribution in [2.45, 2.75) is 6.61 Å². The summed E-state index contributed by atoms with van der Waals surface area (Å²) in [4.78, 5) is 0. The van der Waals surface area contributed by atoms with E-state index >= 15 is 0 Å². The van der Waals surface area contributed by atoms with Crippen molar-refractivity contribution in [3.8, 4) is 0 Å². The van der Waals surface area contributed by atoms with Gasteiger partial charge in [0.25, 0.3) is 0 Å². The molecule has 0 saturated heterocycles. The van der Waals surface area contributed by atoms with E-state index in [9.17, 15) is 0 Å². The number of hydrogen-bond acceptors (Lipinski definition) is 3. The molecule has 0 fully saturated rings. The van der Waals surface area contributed by atoms with Gasteiger partial charge in [-0.3, -0.25) is 0 Å². The van der Waals surface area contributed by atoms with Gasteiger partial charge in [0.2, 0.25) is 0 Å². The van der Waals surface area contributed by atoms with E-state index in [1.165, 1.54) is 12.5 Å². The highest BCUT2D eigenvalue weighted by atomic mass is 35.5. The van der Waals surface area contributed by atoms with Gasteiger partial charge < -0.3 is 14.8 Å². The highest BCUT2D eigenvalue weighted by Gasteiger charge is 2.08. The maximum atomic E-state index is 9.05. The molecule has 84 valence electrons. The molecular formula is C11H9Cl2NO2. The van der Waals surface area contributed by atoms with E-state index in [1.54, 1.807) is 18.2 Å². The van der Waals surface area contributed by atoms with Crippen LogP contribution in [-0.4, -0.2) is 5.11 Å². The van der Waals surface area contributed by atoms with Crippen molar-refractivity contribution < 1.29 is 9.52 Å². The molecule has 0 saturated carbocycles. The van der Waals surface area contributed by atoms with Gasteiger partial charge >= 0.3 is 0 Å². The summed E-state index contributed by atoms with van der Waals surface area (Å²) in [5.74, 6) is 0. The molecule has 0 aliphatic heterocycles.